The van der Waals surface area contributed by atoms with E-state index in [9.17, 15) is 5.11 Å². The topological polar surface area (TPSA) is 47.3 Å². The SMILES string of the molecule is C[B]C1=C(O)C(C)N(C)C1=N. The molecule has 1 aliphatic heterocycles. The van der Waals surface area contributed by atoms with Crippen LogP contribution in [0.15, 0.2) is 11.2 Å². The lowest BCUT2D eigenvalue weighted by Gasteiger charge is -2.17. The van der Waals surface area contributed by atoms with Crippen LogP contribution in [0.25, 0.3) is 0 Å². The summed E-state index contributed by atoms with van der Waals surface area (Å²) in [5.41, 5.74) is 0.653. The van der Waals surface area contributed by atoms with Crippen LogP contribution in [-0.4, -0.2) is 36.2 Å². The number of aliphatic hydroxyl groups excluding tert-OH is 1. The summed E-state index contributed by atoms with van der Waals surface area (Å²) in [4.78, 5) is 1.74. The highest BCUT2D eigenvalue weighted by molar-refractivity contribution is 6.53. The van der Waals surface area contributed by atoms with Gasteiger partial charge in [0.25, 0.3) is 0 Å². The van der Waals surface area contributed by atoms with Gasteiger partial charge in [0, 0.05) is 7.05 Å². The summed E-state index contributed by atoms with van der Waals surface area (Å²) in [6.07, 6.45) is 0. The Hall–Kier alpha value is -0.925. The number of nitrogens with one attached hydrogen (secondary N) is 1. The zero-order chi connectivity index (χ0) is 8.59. The van der Waals surface area contributed by atoms with Gasteiger partial charge in [-0.3, -0.25) is 5.41 Å². The second-order valence-corrected chi connectivity index (χ2v) is 2.72. The number of aliphatic hydroxyl groups is 1. The van der Waals surface area contributed by atoms with Gasteiger partial charge in [-0.15, -0.1) is 0 Å². The Kier molecular flexibility index (Phi) is 1.93. The summed E-state index contributed by atoms with van der Waals surface area (Å²) in [7, 11) is 3.57. The number of nitrogens with zero attached hydrogens (tertiary/aromatic N) is 1. The molecular formula is C7H12BN2O. The molecule has 1 atom stereocenters. The van der Waals surface area contributed by atoms with Crippen LogP contribution >= 0.6 is 0 Å². The third-order valence-electron chi connectivity index (χ3n) is 2.15. The van der Waals surface area contributed by atoms with Crippen LogP contribution in [0.1, 0.15) is 6.92 Å². The Morgan fingerprint density at radius 3 is 2.36 bits per heavy atom. The van der Waals surface area contributed by atoms with E-state index in [1.165, 1.54) is 0 Å². The number of hydrogen-bond donors (Lipinski definition) is 2. The highest BCUT2D eigenvalue weighted by atomic mass is 16.3. The molecule has 0 saturated carbocycles. The smallest absolute Gasteiger partial charge is 0.157 e. The van der Waals surface area contributed by atoms with Crippen LogP contribution in [0.3, 0.4) is 0 Å². The summed E-state index contributed by atoms with van der Waals surface area (Å²) in [5, 5.41) is 17.0. The molecule has 1 aliphatic rings. The first-order chi connectivity index (χ1) is 5.09. The monoisotopic (exact) mass is 151 g/mol. The molecule has 1 rings (SSSR count). The zero-order valence-electron chi connectivity index (χ0n) is 7.05. The molecule has 0 aromatic carbocycles. The number of hydrogen-bond acceptors (Lipinski definition) is 2. The van der Waals surface area contributed by atoms with Crippen LogP contribution in [0.4, 0.5) is 0 Å². The third kappa shape index (κ3) is 1.02. The normalized spacial score (nSPS) is 24.8. The lowest BCUT2D eigenvalue weighted by Crippen LogP contribution is -2.29. The van der Waals surface area contributed by atoms with E-state index in [1.807, 2.05) is 13.7 Å². The number of amidine groups is 1. The molecule has 0 amide bonds. The maximum atomic E-state index is 9.46. The van der Waals surface area contributed by atoms with E-state index >= 15 is 0 Å². The molecular weight excluding hydrogens is 139 g/mol. The Bertz CT molecular complexity index is 224. The van der Waals surface area contributed by atoms with Gasteiger partial charge in [0.1, 0.15) is 11.6 Å². The standard InChI is InChI=1S/C7H12BN2O/c1-4-6(11)5(8-2)7(9)10(4)3/h4,9,11H,1-3H3. The second-order valence-electron chi connectivity index (χ2n) is 2.72. The molecule has 1 unspecified atom stereocenters. The average molecular weight is 151 g/mol. The predicted octanol–water partition coefficient (Wildman–Crippen LogP) is 0.819. The Morgan fingerprint density at radius 2 is 2.18 bits per heavy atom. The van der Waals surface area contributed by atoms with Gasteiger partial charge in [-0.2, -0.15) is 0 Å². The van der Waals surface area contributed by atoms with Crippen LogP contribution in [0, 0.1) is 5.41 Å². The zero-order valence-corrected chi connectivity index (χ0v) is 7.05. The minimum atomic E-state index is -0.0475. The number of rotatable bonds is 1. The maximum absolute atomic E-state index is 9.46. The Labute approximate surface area is 67.5 Å². The summed E-state index contributed by atoms with van der Waals surface area (Å²) in [6.45, 7) is 3.70. The molecule has 3 nitrogen and oxygen atoms in total. The van der Waals surface area contributed by atoms with Crippen molar-refractivity contribution in [3.63, 3.8) is 0 Å². The summed E-state index contributed by atoms with van der Waals surface area (Å²) >= 11 is 0. The molecule has 2 N–H and O–H groups in total. The molecule has 0 spiro atoms. The van der Waals surface area contributed by atoms with Gasteiger partial charge in [0.2, 0.25) is 0 Å². The van der Waals surface area contributed by atoms with E-state index in [1.54, 1.807) is 19.2 Å². The predicted molar refractivity (Wildman–Crippen MR) is 46.2 cm³/mol. The van der Waals surface area contributed by atoms with E-state index in [2.05, 4.69) is 0 Å². The van der Waals surface area contributed by atoms with Gasteiger partial charge in [0.05, 0.1) is 6.04 Å². The van der Waals surface area contributed by atoms with Crippen molar-refractivity contribution < 1.29 is 5.11 Å². The second kappa shape index (κ2) is 2.60. The van der Waals surface area contributed by atoms with E-state index in [-0.39, 0.29) is 6.04 Å². The highest BCUT2D eigenvalue weighted by Crippen LogP contribution is 2.21. The van der Waals surface area contributed by atoms with Crippen LogP contribution in [-0.2, 0) is 0 Å². The molecule has 59 valence electrons. The van der Waals surface area contributed by atoms with E-state index in [0.717, 1.165) is 0 Å². The largest absolute Gasteiger partial charge is 0.511 e. The third-order valence-corrected chi connectivity index (χ3v) is 2.15. The van der Waals surface area contributed by atoms with Crippen molar-refractivity contribution >= 4 is 13.1 Å². The molecule has 0 saturated heterocycles. The van der Waals surface area contributed by atoms with E-state index in [0.29, 0.717) is 17.1 Å². The van der Waals surface area contributed by atoms with Crippen LogP contribution in [0.2, 0.25) is 6.82 Å². The molecule has 0 aliphatic carbocycles. The lowest BCUT2D eigenvalue weighted by atomic mass is 9.71. The molecule has 1 heterocycles. The maximum Gasteiger partial charge on any atom is 0.157 e. The van der Waals surface area contributed by atoms with Crippen LogP contribution in [0.5, 0.6) is 0 Å². The van der Waals surface area contributed by atoms with Crippen molar-refractivity contribution in [3.8, 4) is 0 Å². The Morgan fingerprint density at radius 1 is 1.64 bits per heavy atom. The van der Waals surface area contributed by atoms with Crippen molar-refractivity contribution in [2.45, 2.75) is 19.8 Å². The summed E-state index contributed by atoms with van der Waals surface area (Å²) in [5.74, 6) is 0.706. The first-order valence-corrected chi connectivity index (χ1v) is 3.63. The van der Waals surface area contributed by atoms with E-state index in [4.69, 9.17) is 5.41 Å². The molecule has 0 aromatic rings. The Balaban J connectivity index is 2.98. The summed E-state index contributed by atoms with van der Waals surface area (Å²) in [6, 6.07) is -0.0475. The lowest BCUT2D eigenvalue weighted by molar-refractivity contribution is 0.312. The van der Waals surface area contributed by atoms with Gasteiger partial charge in [0.15, 0.2) is 7.28 Å². The molecule has 1 radical (unpaired) electrons. The van der Waals surface area contributed by atoms with Gasteiger partial charge >= 0.3 is 0 Å². The fraction of sp³-hybridized carbons (Fsp3) is 0.571. The fourth-order valence-corrected chi connectivity index (χ4v) is 1.20. The van der Waals surface area contributed by atoms with Crippen molar-refractivity contribution in [1.29, 1.82) is 5.41 Å². The first kappa shape index (κ1) is 8.17. The highest BCUT2D eigenvalue weighted by Gasteiger charge is 2.29. The van der Waals surface area contributed by atoms with Crippen molar-refractivity contribution in [1.82, 2.24) is 4.90 Å². The summed E-state index contributed by atoms with van der Waals surface area (Å²) < 4.78 is 0. The van der Waals surface area contributed by atoms with Gasteiger partial charge in [-0.1, -0.05) is 6.82 Å². The van der Waals surface area contributed by atoms with E-state index < -0.39 is 0 Å². The number of likely N-dealkylation sites (N-methyl/N-ethyl adjacent to an activating group) is 1. The van der Waals surface area contributed by atoms with Gasteiger partial charge in [-0.05, 0) is 12.4 Å². The van der Waals surface area contributed by atoms with Crippen molar-refractivity contribution in [2.24, 2.45) is 0 Å². The minimum absolute atomic E-state index is 0.0475. The average Bonchev–Trinajstić information content (AvgIpc) is 2.17. The molecule has 11 heavy (non-hydrogen) atoms. The van der Waals surface area contributed by atoms with Crippen LogP contribution < -0.4 is 0 Å². The molecule has 0 bridgehead atoms. The van der Waals surface area contributed by atoms with Gasteiger partial charge < -0.3 is 10.0 Å². The molecule has 0 fully saturated rings. The first-order valence-electron chi connectivity index (χ1n) is 3.63. The fourth-order valence-electron chi connectivity index (χ4n) is 1.20. The minimum Gasteiger partial charge on any atom is -0.511 e. The quantitative estimate of drug-likeness (QED) is 0.545. The van der Waals surface area contributed by atoms with Crippen molar-refractivity contribution in [2.75, 3.05) is 7.05 Å². The van der Waals surface area contributed by atoms with Crippen molar-refractivity contribution in [3.05, 3.63) is 11.2 Å². The van der Waals surface area contributed by atoms with Gasteiger partial charge in [-0.25, -0.2) is 0 Å². The molecule has 0 aromatic heterocycles. The molecule has 4 heteroatoms.